The van der Waals surface area contributed by atoms with Gasteiger partial charge in [-0.3, -0.25) is 0 Å². The molecule has 8 heteroatoms. The van der Waals surface area contributed by atoms with E-state index in [4.69, 9.17) is 27.9 Å². The minimum atomic E-state index is -5.08. The van der Waals surface area contributed by atoms with Gasteiger partial charge in [0.25, 0.3) is 0 Å². The summed E-state index contributed by atoms with van der Waals surface area (Å²) in [6.07, 6.45) is 0. The molecule has 0 radical (unpaired) electrons. The van der Waals surface area contributed by atoms with Crippen molar-refractivity contribution in [2.45, 2.75) is 0 Å². The van der Waals surface area contributed by atoms with E-state index in [0.717, 1.165) is 0 Å². The Morgan fingerprint density at radius 3 is 2.35 bits per heavy atom. The molecule has 0 aliphatic rings. The topological polar surface area (TPSA) is 9.23 Å². The van der Waals surface area contributed by atoms with Crippen LogP contribution in [-0.4, -0.2) is 13.6 Å². The molecule has 0 spiro atoms. The van der Waals surface area contributed by atoms with Crippen LogP contribution in [0.3, 0.4) is 0 Å². The first-order valence-corrected chi connectivity index (χ1v) is 5.02. The Bertz CT molecular complexity index is 412. The van der Waals surface area contributed by atoms with E-state index >= 15 is 0 Å². The fraction of sp³-hybridized carbons (Fsp3) is 0.111. The van der Waals surface area contributed by atoms with Gasteiger partial charge in [0.2, 0.25) is 0 Å². The molecule has 0 heterocycles. The van der Waals surface area contributed by atoms with E-state index in [1.165, 1.54) is 18.2 Å². The minimum absolute atomic E-state index is 0. The number of hydrogen-bond donors (Lipinski definition) is 0. The normalized spacial score (nSPS) is 10.6. The van der Waals surface area contributed by atoms with Gasteiger partial charge in [0.1, 0.15) is 5.75 Å². The van der Waals surface area contributed by atoms with Gasteiger partial charge in [-0.15, -0.1) is 12.1 Å². The van der Waals surface area contributed by atoms with Crippen LogP contribution in [0.5, 0.6) is 5.75 Å². The third kappa shape index (κ3) is 6.00. The summed E-state index contributed by atoms with van der Waals surface area (Å²) >= 11 is 11.3. The first-order valence-electron chi connectivity index (χ1n) is 4.26. The number of halogens is 5. The third-order valence-corrected chi connectivity index (χ3v) is 2.30. The van der Waals surface area contributed by atoms with Crippen LogP contribution in [-0.2, 0) is 0 Å². The van der Waals surface area contributed by atoms with Crippen molar-refractivity contribution in [3.63, 3.8) is 0 Å². The second kappa shape index (κ2) is 7.43. The Morgan fingerprint density at radius 2 is 1.88 bits per heavy atom. The summed E-state index contributed by atoms with van der Waals surface area (Å²) in [5.74, 6) is 0.146. The predicted molar refractivity (Wildman–Crippen MR) is 60.2 cm³/mol. The Kier molecular flexibility index (Phi) is 7.79. The third-order valence-electron chi connectivity index (χ3n) is 1.77. The zero-order valence-electron chi connectivity index (χ0n) is 9.02. The van der Waals surface area contributed by atoms with Gasteiger partial charge in [-0.05, 0) is 18.2 Å². The van der Waals surface area contributed by atoms with Crippen LogP contribution < -0.4 is 56.1 Å². The van der Waals surface area contributed by atoms with Crippen molar-refractivity contribution in [2.75, 3.05) is 6.61 Å². The van der Waals surface area contributed by atoms with Crippen molar-refractivity contribution in [3.8, 4) is 5.75 Å². The maximum Gasteiger partial charge on any atom is 1.00 e. The standard InChI is InChI=1S/C9H7BCl2F3O.K/c1-6(10(13,14)15)5-16-9-3-2-7(11)4-8(9)12;/h2-4H,1,5H2;/q-1;+1. The van der Waals surface area contributed by atoms with E-state index in [2.05, 4.69) is 6.58 Å². The van der Waals surface area contributed by atoms with Crippen LogP contribution >= 0.6 is 23.2 Å². The number of ether oxygens (including phenoxy) is 1. The van der Waals surface area contributed by atoms with Crippen LogP contribution in [0.15, 0.2) is 30.3 Å². The molecule has 1 aromatic rings. The Labute approximate surface area is 150 Å². The van der Waals surface area contributed by atoms with Crippen LogP contribution in [0.2, 0.25) is 10.0 Å². The molecule has 0 bridgehead atoms. The molecule has 0 aliphatic heterocycles. The van der Waals surface area contributed by atoms with Crippen LogP contribution in [0, 0.1) is 0 Å². The average molecular weight is 309 g/mol. The maximum absolute atomic E-state index is 12.1. The van der Waals surface area contributed by atoms with Crippen LogP contribution in [0.4, 0.5) is 12.9 Å². The molecule has 0 N–H and O–H groups in total. The van der Waals surface area contributed by atoms with Crippen molar-refractivity contribution in [1.82, 2.24) is 0 Å². The smallest absolute Gasteiger partial charge is 0.491 e. The second-order valence-corrected chi connectivity index (χ2v) is 3.94. The summed E-state index contributed by atoms with van der Waals surface area (Å²) in [6, 6.07) is 4.27. The van der Waals surface area contributed by atoms with Crippen LogP contribution in [0.1, 0.15) is 0 Å². The van der Waals surface area contributed by atoms with Crippen molar-refractivity contribution in [3.05, 3.63) is 40.3 Å². The molecular weight excluding hydrogens is 302 g/mol. The number of benzene rings is 1. The fourth-order valence-electron chi connectivity index (χ4n) is 0.857. The molecule has 0 saturated heterocycles. The maximum atomic E-state index is 12.1. The molecule has 0 atom stereocenters. The molecular formula is C9H7BCl2F3KO. The van der Waals surface area contributed by atoms with Crippen molar-refractivity contribution in [2.24, 2.45) is 0 Å². The SMILES string of the molecule is C=C(COc1ccc(Cl)cc1Cl)[B-](F)(F)F.[K+]. The summed E-state index contributed by atoms with van der Waals surface area (Å²) < 4.78 is 41.3. The molecule has 0 aromatic heterocycles. The van der Waals surface area contributed by atoms with E-state index in [0.29, 0.717) is 5.02 Å². The van der Waals surface area contributed by atoms with Gasteiger partial charge in [-0.25, -0.2) is 0 Å². The average Bonchev–Trinajstić information content (AvgIpc) is 2.14. The predicted octanol–water partition coefficient (Wildman–Crippen LogP) is 1.32. The van der Waals surface area contributed by atoms with Gasteiger partial charge in [-0.1, -0.05) is 23.2 Å². The number of hydrogen-bond acceptors (Lipinski definition) is 1. The van der Waals surface area contributed by atoms with Gasteiger partial charge in [0, 0.05) is 5.02 Å². The second-order valence-electron chi connectivity index (χ2n) is 3.10. The van der Waals surface area contributed by atoms with Gasteiger partial charge < -0.3 is 17.7 Å². The summed E-state index contributed by atoms with van der Waals surface area (Å²) in [6.45, 7) is -2.81. The number of rotatable bonds is 4. The first-order chi connectivity index (χ1) is 7.30. The Hall–Kier alpha value is 0.831. The largest absolute Gasteiger partial charge is 1.00 e. The van der Waals surface area contributed by atoms with Gasteiger partial charge in [-0.2, -0.15) is 0 Å². The van der Waals surface area contributed by atoms with Crippen LogP contribution in [0.25, 0.3) is 0 Å². The Balaban J connectivity index is 0.00000256. The minimum Gasteiger partial charge on any atom is -0.491 e. The molecule has 0 amide bonds. The molecule has 0 aliphatic carbocycles. The van der Waals surface area contributed by atoms with E-state index in [-0.39, 0.29) is 62.2 Å². The molecule has 0 unspecified atom stereocenters. The van der Waals surface area contributed by atoms with Crippen molar-refractivity contribution < 1.29 is 69.1 Å². The summed E-state index contributed by atoms with van der Waals surface area (Å²) in [7, 11) is 0. The molecule has 1 rings (SSSR count). The molecule has 1 nitrogen and oxygen atoms in total. The zero-order valence-corrected chi connectivity index (χ0v) is 13.7. The molecule has 88 valence electrons. The van der Waals surface area contributed by atoms with Gasteiger partial charge in [0.05, 0.1) is 11.6 Å². The first kappa shape index (κ1) is 17.8. The molecule has 1 aromatic carbocycles. The van der Waals surface area contributed by atoms with Crippen molar-refractivity contribution in [1.29, 1.82) is 0 Å². The zero-order chi connectivity index (χ0) is 12.3. The van der Waals surface area contributed by atoms with E-state index in [9.17, 15) is 12.9 Å². The Morgan fingerprint density at radius 1 is 1.29 bits per heavy atom. The van der Waals surface area contributed by atoms with Gasteiger partial charge >= 0.3 is 58.4 Å². The molecule has 0 saturated carbocycles. The van der Waals surface area contributed by atoms with E-state index in [1.54, 1.807) is 0 Å². The van der Waals surface area contributed by atoms with E-state index in [1.807, 2.05) is 0 Å². The summed E-state index contributed by atoms with van der Waals surface area (Å²) in [5.41, 5.74) is -0.911. The van der Waals surface area contributed by atoms with Gasteiger partial charge in [0.15, 0.2) is 0 Å². The quantitative estimate of drug-likeness (QED) is 0.762. The monoisotopic (exact) mass is 308 g/mol. The molecule has 0 fully saturated rings. The summed E-state index contributed by atoms with van der Waals surface area (Å²) in [4.78, 5) is 0. The van der Waals surface area contributed by atoms with Crippen molar-refractivity contribution >= 4 is 30.2 Å². The van der Waals surface area contributed by atoms with E-state index < -0.39 is 19.1 Å². The summed E-state index contributed by atoms with van der Waals surface area (Å²) in [5, 5.41) is 0.547. The molecule has 17 heavy (non-hydrogen) atoms. The fourth-order valence-corrected chi connectivity index (χ4v) is 1.32.